The van der Waals surface area contributed by atoms with Crippen LogP contribution in [0.25, 0.3) is 0 Å². The highest BCUT2D eigenvalue weighted by molar-refractivity contribution is 5.13. The summed E-state index contributed by atoms with van der Waals surface area (Å²) in [4.78, 5) is 2.59. The SMILES string of the molecule is COCC1CCCN(C2(CN)CC(C)(C)OC2(C)C)C1. The van der Waals surface area contributed by atoms with Gasteiger partial charge in [-0.15, -0.1) is 0 Å². The summed E-state index contributed by atoms with van der Waals surface area (Å²) in [5.74, 6) is 0.622. The number of ether oxygens (including phenoxy) is 2. The van der Waals surface area contributed by atoms with E-state index in [2.05, 4.69) is 32.6 Å². The van der Waals surface area contributed by atoms with Crippen molar-refractivity contribution in [3.63, 3.8) is 0 Å². The van der Waals surface area contributed by atoms with Crippen LogP contribution in [0.4, 0.5) is 0 Å². The van der Waals surface area contributed by atoms with E-state index in [1.54, 1.807) is 7.11 Å². The maximum atomic E-state index is 6.34. The maximum absolute atomic E-state index is 6.34. The summed E-state index contributed by atoms with van der Waals surface area (Å²) in [6.07, 6.45) is 3.49. The van der Waals surface area contributed by atoms with E-state index < -0.39 is 0 Å². The molecule has 0 aromatic carbocycles. The van der Waals surface area contributed by atoms with Crippen molar-refractivity contribution in [2.75, 3.05) is 33.4 Å². The summed E-state index contributed by atoms with van der Waals surface area (Å²) in [6.45, 7) is 12.5. The third-order valence-corrected chi connectivity index (χ3v) is 5.23. The molecule has 0 spiro atoms. The van der Waals surface area contributed by atoms with E-state index in [1.807, 2.05) is 0 Å². The Kier molecular flexibility index (Phi) is 4.51. The zero-order chi connectivity index (χ0) is 15.0. The topological polar surface area (TPSA) is 47.7 Å². The summed E-state index contributed by atoms with van der Waals surface area (Å²) in [7, 11) is 1.80. The minimum absolute atomic E-state index is 0.0527. The third kappa shape index (κ3) is 2.76. The fraction of sp³-hybridized carbons (Fsp3) is 1.00. The van der Waals surface area contributed by atoms with Gasteiger partial charge >= 0.3 is 0 Å². The van der Waals surface area contributed by atoms with Crippen LogP contribution in [-0.4, -0.2) is 55.0 Å². The van der Waals surface area contributed by atoms with Gasteiger partial charge in [0.05, 0.1) is 23.3 Å². The van der Waals surface area contributed by atoms with Gasteiger partial charge in [0.1, 0.15) is 0 Å². The second-order valence-corrected chi connectivity index (χ2v) is 7.69. The number of hydrogen-bond acceptors (Lipinski definition) is 4. The molecule has 0 aromatic heterocycles. The van der Waals surface area contributed by atoms with Crippen molar-refractivity contribution in [2.24, 2.45) is 11.7 Å². The van der Waals surface area contributed by atoms with Crippen LogP contribution in [0.3, 0.4) is 0 Å². The predicted octanol–water partition coefficient (Wildman–Crippen LogP) is 2.02. The Bertz CT molecular complexity index is 341. The third-order valence-electron chi connectivity index (χ3n) is 5.23. The first-order valence-corrected chi connectivity index (χ1v) is 7.90. The number of nitrogens with zero attached hydrogens (tertiary/aromatic N) is 1. The van der Waals surface area contributed by atoms with E-state index in [0.29, 0.717) is 12.5 Å². The molecule has 2 saturated heterocycles. The first-order valence-electron chi connectivity index (χ1n) is 7.90. The summed E-state index contributed by atoms with van der Waals surface area (Å²) in [5, 5.41) is 0. The molecule has 2 fully saturated rings. The molecule has 0 amide bonds. The average Bonchev–Trinajstić information content (AvgIpc) is 2.55. The zero-order valence-corrected chi connectivity index (χ0v) is 13.9. The van der Waals surface area contributed by atoms with Gasteiger partial charge in [-0.05, 0) is 59.4 Å². The van der Waals surface area contributed by atoms with Crippen LogP contribution in [0.5, 0.6) is 0 Å². The van der Waals surface area contributed by atoms with Gasteiger partial charge in [-0.2, -0.15) is 0 Å². The van der Waals surface area contributed by atoms with Crippen molar-refractivity contribution in [3.8, 4) is 0 Å². The Hall–Kier alpha value is -0.160. The Balaban J connectivity index is 2.22. The number of nitrogens with two attached hydrogens (primary N) is 1. The first-order chi connectivity index (χ1) is 9.26. The van der Waals surface area contributed by atoms with Crippen LogP contribution in [0.2, 0.25) is 0 Å². The van der Waals surface area contributed by atoms with Crippen molar-refractivity contribution in [1.82, 2.24) is 4.90 Å². The number of rotatable bonds is 4. The van der Waals surface area contributed by atoms with Crippen molar-refractivity contribution >= 4 is 0 Å². The van der Waals surface area contributed by atoms with Gasteiger partial charge in [0, 0.05) is 20.2 Å². The molecule has 118 valence electrons. The van der Waals surface area contributed by atoms with E-state index in [1.165, 1.54) is 12.8 Å². The monoisotopic (exact) mass is 284 g/mol. The van der Waals surface area contributed by atoms with Crippen molar-refractivity contribution in [3.05, 3.63) is 0 Å². The summed E-state index contributed by atoms with van der Waals surface area (Å²) < 4.78 is 11.7. The highest BCUT2D eigenvalue weighted by atomic mass is 16.5. The van der Waals surface area contributed by atoms with Crippen LogP contribution >= 0.6 is 0 Å². The quantitative estimate of drug-likeness (QED) is 0.858. The molecule has 2 heterocycles. The number of piperidine rings is 1. The van der Waals surface area contributed by atoms with Crippen LogP contribution in [0.1, 0.15) is 47.0 Å². The molecule has 2 rings (SSSR count). The molecular weight excluding hydrogens is 252 g/mol. The Labute approximate surface area is 124 Å². The molecule has 2 aliphatic rings. The van der Waals surface area contributed by atoms with Gasteiger partial charge in [-0.3, -0.25) is 4.90 Å². The smallest absolute Gasteiger partial charge is 0.0830 e. The number of hydrogen-bond donors (Lipinski definition) is 1. The van der Waals surface area contributed by atoms with E-state index in [9.17, 15) is 0 Å². The van der Waals surface area contributed by atoms with E-state index in [-0.39, 0.29) is 16.7 Å². The van der Waals surface area contributed by atoms with Crippen LogP contribution < -0.4 is 5.73 Å². The summed E-state index contributed by atoms with van der Waals surface area (Å²) in [5.41, 5.74) is 5.90. The molecule has 0 radical (unpaired) electrons. The van der Waals surface area contributed by atoms with Gasteiger partial charge in [-0.1, -0.05) is 0 Å². The Morgan fingerprint density at radius 1 is 1.30 bits per heavy atom. The standard InChI is InChI=1S/C16H32N2O2/c1-14(2)11-16(12-17,15(3,4)20-14)18-8-6-7-13(9-18)10-19-5/h13H,6-12,17H2,1-5H3. The van der Waals surface area contributed by atoms with Gasteiger partial charge in [0.25, 0.3) is 0 Å². The fourth-order valence-corrected chi connectivity index (χ4v) is 4.50. The van der Waals surface area contributed by atoms with Crippen LogP contribution in [-0.2, 0) is 9.47 Å². The number of likely N-dealkylation sites (tertiary alicyclic amines) is 1. The van der Waals surface area contributed by atoms with Gasteiger partial charge < -0.3 is 15.2 Å². The molecule has 0 aromatic rings. The van der Waals surface area contributed by atoms with Crippen molar-refractivity contribution in [1.29, 1.82) is 0 Å². The van der Waals surface area contributed by atoms with Crippen LogP contribution in [0, 0.1) is 5.92 Å². The lowest BCUT2D eigenvalue weighted by Gasteiger charge is -2.50. The van der Waals surface area contributed by atoms with E-state index in [0.717, 1.165) is 26.1 Å². The second kappa shape index (κ2) is 5.56. The summed E-state index contributed by atoms with van der Waals surface area (Å²) >= 11 is 0. The van der Waals surface area contributed by atoms with E-state index in [4.69, 9.17) is 15.2 Å². The molecule has 2 N–H and O–H groups in total. The fourth-order valence-electron chi connectivity index (χ4n) is 4.50. The zero-order valence-electron chi connectivity index (χ0n) is 13.9. The molecule has 0 aliphatic carbocycles. The molecule has 2 atom stereocenters. The van der Waals surface area contributed by atoms with Gasteiger partial charge in [-0.25, -0.2) is 0 Å². The Morgan fingerprint density at radius 2 is 2.00 bits per heavy atom. The molecule has 4 heteroatoms. The lowest BCUT2D eigenvalue weighted by molar-refractivity contribution is -0.111. The van der Waals surface area contributed by atoms with Gasteiger partial charge in [0.15, 0.2) is 0 Å². The molecular formula is C16H32N2O2. The Morgan fingerprint density at radius 3 is 2.50 bits per heavy atom. The largest absolute Gasteiger partial charge is 0.384 e. The second-order valence-electron chi connectivity index (χ2n) is 7.69. The summed E-state index contributed by atoms with van der Waals surface area (Å²) in [6, 6.07) is 0. The molecule has 0 bridgehead atoms. The normalized spacial score (nSPS) is 37.2. The number of methoxy groups -OCH3 is 1. The molecule has 20 heavy (non-hydrogen) atoms. The predicted molar refractivity (Wildman–Crippen MR) is 81.8 cm³/mol. The maximum Gasteiger partial charge on any atom is 0.0830 e. The highest BCUT2D eigenvalue weighted by Crippen LogP contribution is 2.48. The molecule has 4 nitrogen and oxygen atoms in total. The molecule has 2 aliphatic heterocycles. The average molecular weight is 284 g/mol. The first kappa shape index (κ1) is 16.2. The van der Waals surface area contributed by atoms with Crippen molar-refractivity contribution < 1.29 is 9.47 Å². The minimum Gasteiger partial charge on any atom is -0.384 e. The van der Waals surface area contributed by atoms with Gasteiger partial charge in [0.2, 0.25) is 0 Å². The lowest BCUT2D eigenvalue weighted by atomic mass is 9.76. The van der Waals surface area contributed by atoms with Crippen molar-refractivity contribution in [2.45, 2.75) is 63.7 Å². The van der Waals surface area contributed by atoms with Crippen LogP contribution in [0.15, 0.2) is 0 Å². The lowest BCUT2D eigenvalue weighted by Crippen LogP contribution is -2.65. The highest BCUT2D eigenvalue weighted by Gasteiger charge is 2.59. The molecule has 0 saturated carbocycles. The molecule has 2 unspecified atom stereocenters. The van der Waals surface area contributed by atoms with E-state index >= 15 is 0 Å². The minimum atomic E-state index is -0.208.